The van der Waals surface area contributed by atoms with Gasteiger partial charge in [0.15, 0.2) is 10.9 Å². The molecule has 0 fully saturated rings. The molecular weight excluding hydrogens is 268 g/mol. The molecule has 2 aromatic carbocycles. The van der Waals surface area contributed by atoms with Crippen LogP contribution in [-0.2, 0) is 0 Å². The smallest absolute Gasteiger partial charge is 0.169 e. The van der Waals surface area contributed by atoms with E-state index in [4.69, 9.17) is 34.3 Å². The van der Waals surface area contributed by atoms with Gasteiger partial charge in [0, 0.05) is 0 Å². The Bertz CT molecular complexity index is 560. The first-order valence-electron chi connectivity index (χ1n) is 5.24. The van der Waals surface area contributed by atoms with E-state index < -0.39 is 0 Å². The van der Waals surface area contributed by atoms with E-state index >= 15 is 0 Å². The molecule has 0 bridgehead atoms. The maximum atomic E-state index is 6.11. The Morgan fingerprint density at radius 3 is 2.50 bits per heavy atom. The van der Waals surface area contributed by atoms with Crippen LogP contribution in [-0.4, -0.2) is 5.11 Å². The van der Waals surface area contributed by atoms with Crippen LogP contribution in [0.4, 0.5) is 5.69 Å². The molecule has 0 saturated heterocycles. The number of ether oxygens (including phenoxy) is 1. The van der Waals surface area contributed by atoms with E-state index in [9.17, 15) is 0 Å². The second-order valence-electron chi connectivity index (χ2n) is 3.52. The summed E-state index contributed by atoms with van der Waals surface area (Å²) in [5.41, 5.74) is 6.10. The Labute approximate surface area is 116 Å². The molecule has 18 heavy (non-hydrogen) atoms. The Balaban J connectivity index is 2.34. The maximum Gasteiger partial charge on any atom is 0.169 e. The Morgan fingerprint density at radius 1 is 1.11 bits per heavy atom. The topological polar surface area (TPSA) is 47.3 Å². The van der Waals surface area contributed by atoms with Crippen molar-refractivity contribution < 1.29 is 4.74 Å². The summed E-state index contributed by atoms with van der Waals surface area (Å²) >= 11 is 10.9. The average Bonchev–Trinajstić information content (AvgIpc) is 2.34. The van der Waals surface area contributed by atoms with E-state index in [0.717, 1.165) is 0 Å². The predicted octanol–water partition coefficient (Wildman–Crippen LogP) is 3.79. The molecule has 0 aliphatic carbocycles. The minimum absolute atomic E-state index is 0.162. The first kappa shape index (κ1) is 12.7. The van der Waals surface area contributed by atoms with E-state index in [0.29, 0.717) is 22.2 Å². The van der Waals surface area contributed by atoms with E-state index in [1.54, 1.807) is 18.2 Å². The molecule has 0 radical (unpaired) electrons. The Kier molecular flexibility index (Phi) is 4.02. The number of nitrogens with one attached hydrogen (secondary N) is 1. The van der Waals surface area contributed by atoms with E-state index in [-0.39, 0.29) is 5.11 Å². The van der Waals surface area contributed by atoms with Crippen LogP contribution in [0.3, 0.4) is 0 Å². The number of para-hydroxylation sites is 2. The third kappa shape index (κ3) is 3.12. The number of halogens is 1. The molecule has 3 nitrogen and oxygen atoms in total. The van der Waals surface area contributed by atoms with Gasteiger partial charge in [0.1, 0.15) is 5.75 Å². The summed E-state index contributed by atoms with van der Waals surface area (Å²) in [6, 6.07) is 14.7. The highest BCUT2D eigenvalue weighted by atomic mass is 35.5. The van der Waals surface area contributed by atoms with E-state index in [1.165, 1.54) is 0 Å². The lowest BCUT2D eigenvalue weighted by atomic mass is 10.3. The van der Waals surface area contributed by atoms with Gasteiger partial charge in [0.05, 0.1) is 10.7 Å². The average molecular weight is 279 g/mol. The van der Waals surface area contributed by atoms with Crippen LogP contribution in [0.1, 0.15) is 0 Å². The summed E-state index contributed by atoms with van der Waals surface area (Å²) in [5.74, 6) is 1.19. The van der Waals surface area contributed by atoms with Crippen molar-refractivity contribution in [2.75, 3.05) is 5.32 Å². The van der Waals surface area contributed by atoms with Crippen LogP contribution in [0, 0.1) is 0 Å². The molecule has 0 unspecified atom stereocenters. The third-order valence-electron chi connectivity index (χ3n) is 2.19. The predicted molar refractivity (Wildman–Crippen MR) is 78.4 cm³/mol. The second-order valence-corrected chi connectivity index (χ2v) is 4.37. The van der Waals surface area contributed by atoms with Crippen molar-refractivity contribution in [2.45, 2.75) is 0 Å². The number of rotatable bonds is 3. The third-order valence-corrected chi connectivity index (χ3v) is 2.59. The van der Waals surface area contributed by atoms with E-state index in [2.05, 4.69) is 5.32 Å². The van der Waals surface area contributed by atoms with Gasteiger partial charge in [0.2, 0.25) is 0 Å². The molecule has 0 saturated carbocycles. The monoisotopic (exact) mass is 278 g/mol. The number of thiocarbonyl (C=S) groups is 1. The van der Waals surface area contributed by atoms with Gasteiger partial charge < -0.3 is 15.8 Å². The van der Waals surface area contributed by atoms with Crippen LogP contribution in [0.5, 0.6) is 11.5 Å². The zero-order valence-electron chi connectivity index (χ0n) is 9.39. The first-order valence-corrected chi connectivity index (χ1v) is 6.03. The van der Waals surface area contributed by atoms with Gasteiger partial charge in [-0.1, -0.05) is 35.9 Å². The first-order chi connectivity index (χ1) is 8.66. The van der Waals surface area contributed by atoms with Crippen LogP contribution in [0.15, 0.2) is 48.5 Å². The van der Waals surface area contributed by atoms with Gasteiger partial charge in [-0.3, -0.25) is 0 Å². The van der Waals surface area contributed by atoms with Gasteiger partial charge in [-0.2, -0.15) is 0 Å². The van der Waals surface area contributed by atoms with Crippen molar-refractivity contribution in [3.63, 3.8) is 0 Å². The quantitative estimate of drug-likeness (QED) is 0.839. The van der Waals surface area contributed by atoms with Crippen molar-refractivity contribution in [3.05, 3.63) is 53.6 Å². The Morgan fingerprint density at radius 2 is 1.83 bits per heavy atom. The summed E-state index contributed by atoms with van der Waals surface area (Å²) in [5, 5.41) is 3.48. The molecule has 0 aliphatic rings. The fourth-order valence-electron chi connectivity index (χ4n) is 1.45. The fourth-order valence-corrected chi connectivity index (χ4v) is 1.77. The molecule has 0 aromatic heterocycles. The molecule has 5 heteroatoms. The molecule has 2 rings (SSSR count). The second kappa shape index (κ2) is 5.71. The lowest BCUT2D eigenvalue weighted by Gasteiger charge is -2.13. The van der Waals surface area contributed by atoms with Gasteiger partial charge in [-0.25, -0.2) is 0 Å². The largest absolute Gasteiger partial charge is 0.454 e. The van der Waals surface area contributed by atoms with Crippen molar-refractivity contribution in [1.82, 2.24) is 0 Å². The summed E-state index contributed by atoms with van der Waals surface area (Å²) in [7, 11) is 0. The van der Waals surface area contributed by atoms with Crippen molar-refractivity contribution in [3.8, 4) is 11.5 Å². The molecule has 0 atom stereocenters. The van der Waals surface area contributed by atoms with Crippen LogP contribution < -0.4 is 15.8 Å². The maximum absolute atomic E-state index is 6.11. The number of nitrogens with two attached hydrogens (primary N) is 1. The van der Waals surface area contributed by atoms with Gasteiger partial charge in [0.25, 0.3) is 0 Å². The molecule has 0 spiro atoms. The van der Waals surface area contributed by atoms with Crippen LogP contribution in [0.25, 0.3) is 0 Å². The number of hydrogen-bond acceptors (Lipinski definition) is 2. The van der Waals surface area contributed by atoms with Gasteiger partial charge in [-0.05, 0) is 36.5 Å². The molecule has 0 amide bonds. The SMILES string of the molecule is NC(=S)Nc1cccc(Cl)c1Oc1ccccc1. The highest BCUT2D eigenvalue weighted by Gasteiger charge is 2.09. The van der Waals surface area contributed by atoms with Crippen molar-refractivity contribution in [2.24, 2.45) is 5.73 Å². The fraction of sp³-hybridized carbons (Fsp3) is 0. The van der Waals surface area contributed by atoms with Crippen LogP contribution in [0.2, 0.25) is 5.02 Å². The summed E-state index contributed by atoms with van der Waals surface area (Å²) in [6.07, 6.45) is 0. The van der Waals surface area contributed by atoms with Crippen molar-refractivity contribution in [1.29, 1.82) is 0 Å². The van der Waals surface area contributed by atoms with Gasteiger partial charge in [-0.15, -0.1) is 0 Å². The van der Waals surface area contributed by atoms with E-state index in [1.807, 2.05) is 30.3 Å². The zero-order valence-corrected chi connectivity index (χ0v) is 11.0. The lowest BCUT2D eigenvalue weighted by molar-refractivity contribution is 0.485. The molecular formula is C13H11ClN2OS. The van der Waals surface area contributed by atoms with Crippen molar-refractivity contribution >= 4 is 34.6 Å². The highest BCUT2D eigenvalue weighted by Crippen LogP contribution is 2.36. The standard InChI is InChI=1S/C13H11ClN2OS/c14-10-7-4-8-11(16-13(15)18)12(10)17-9-5-2-1-3-6-9/h1-8H,(H3,15,16,18). The molecule has 92 valence electrons. The summed E-state index contributed by atoms with van der Waals surface area (Å²) in [4.78, 5) is 0. The Hall–Kier alpha value is -1.78. The minimum atomic E-state index is 0.162. The molecule has 3 N–H and O–H groups in total. The minimum Gasteiger partial charge on any atom is -0.454 e. The highest BCUT2D eigenvalue weighted by molar-refractivity contribution is 7.80. The van der Waals surface area contributed by atoms with Gasteiger partial charge >= 0.3 is 0 Å². The lowest BCUT2D eigenvalue weighted by Crippen LogP contribution is -2.19. The normalized spacial score (nSPS) is 9.83. The number of anilines is 1. The van der Waals surface area contributed by atoms with Crippen LogP contribution >= 0.6 is 23.8 Å². The number of benzene rings is 2. The molecule has 2 aromatic rings. The summed E-state index contributed by atoms with van der Waals surface area (Å²) in [6.45, 7) is 0. The molecule has 0 aliphatic heterocycles. The summed E-state index contributed by atoms with van der Waals surface area (Å²) < 4.78 is 5.73. The number of hydrogen-bond donors (Lipinski definition) is 2. The molecule has 0 heterocycles. The zero-order chi connectivity index (χ0) is 13.0.